The molecule has 0 bridgehead atoms. The van der Waals surface area contributed by atoms with Gasteiger partial charge in [0, 0.05) is 5.25 Å². The zero-order valence-corrected chi connectivity index (χ0v) is 15.8. The third-order valence-electron chi connectivity index (χ3n) is 3.88. The van der Waals surface area contributed by atoms with Crippen LogP contribution in [0.4, 0.5) is 0 Å². The van der Waals surface area contributed by atoms with Crippen LogP contribution in [0.2, 0.25) is 0 Å². The van der Waals surface area contributed by atoms with E-state index in [4.69, 9.17) is 4.74 Å². The highest BCUT2D eigenvalue weighted by Crippen LogP contribution is 2.24. The number of sulfone groups is 1. The van der Waals surface area contributed by atoms with Gasteiger partial charge in [0.15, 0.2) is 9.84 Å². The van der Waals surface area contributed by atoms with Gasteiger partial charge in [-0.1, -0.05) is 26.0 Å². The molecule has 2 rings (SSSR count). The number of carbonyl (C=O) groups is 1. The van der Waals surface area contributed by atoms with Crippen LogP contribution in [0.1, 0.15) is 31.7 Å². The van der Waals surface area contributed by atoms with Crippen molar-refractivity contribution in [1.82, 2.24) is 5.32 Å². The van der Waals surface area contributed by atoms with Gasteiger partial charge in [-0.2, -0.15) is 0 Å². The highest BCUT2D eigenvalue weighted by molar-refractivity contribution is 8.02. The maximum Gasteiger partial charge on any atom is 0.230 e. The standard InChI is InChI=1S/C17H25NO4S2/c1-13(2)14-3-5-15(6-4-14)22-9-8-18-17(19)11-23-16-7-10-24(20,21)12-16/h3-6,13,16H,7-12H2,1-2H3,(H,18,19). The van der Waals surface area contributed by atoms with Crippen molar-refractivity contribution < 1.29 is 17.9 Å². The topological polar surface area (TPSA) is 72.5 Å². The molecule has 1 fully saturated rings. The summed E-state index contributed by atoms with van der Waals surface area (Å²) in [6.07, 6.45) is 0.649. The molecule has 1 saturated heterocycles. The molecule has 0 aliphatic carbocycles. The van der Waals surface area contributed by atoms with Crippen LogP contribution in [0.5, 0.6) is 5.75 Å². The molecule has 1 N–H and O–H groups in total. The van der Waals surface area contributed by atoms with E-state index in [0.717, 1.165) is 5.75 Å². The van der Waals surface area contributed by atoms with Crippen LogP contribution in [-0.4, -0.2) is 50.0 Å². The monoisotopic (exact) mass is 371 g/mol. The van der Waals surface area contributed by atoms with E-state index in [9.17, 15) is 13.2 Å². The Hall–Kier alpha value is -1.21. The van der Waals surface area contributed by atoms with Gasteiger partial charge in [-0.15, -0.1) is 11.8 Å². The number of rotatable bonds is 8. The fourth-order valence-corrected chi connectivity index (χ4v) is 5.92. The van der Waals surface area contributed by atoms with Gasteiger partial charge in [0.05, 0.1) is 23.8 Å². The first-order valence-corrected chi connectivity index (χ1v) is 11.0. The lowest BCUT2D eigenvalue weighted by Gasteiger charge is -2.10. The average Bonchev–Trinajstić information content (AvgIpc) is 2.89. The van der Waals surface area contributed by atoms with E-state index in [1.165, 1.54) is 17.3 Å². The molecule has 134 valence electrons. The van der Waals surface area contributed by atoms with Gasteiger partial charge < -0.3 is 10.1 Å². The largest absolute Gasteiger partial charge is 0.492 e. The van der Waals surface area contributed by atoms with Crippen molar-refractivity contribution in [2.75, 3.05) is 30.4 Å². The number of thioether (sulfide) groups is 1. The van der Waals surface area contributed by atoms with Crippen molar-refractivity contribution in [3.63, 3.8) is 0 Å². The van der Waals surface area contributed by atoms with Crippen molar-refractivity contribution in [3.05, 3.63) is 29.8 Å². The van der Waals surface area contributed by atoms with Gasteiger partial charge in [-0.05, 0) is 30.0 Å². The van der Waals surface area contributed by atoms with Gasteiger partial charge in [0.2, 0.25) is 5.91 Å². The Morgan fingerprint density at radius 1 is 1.33 bits per heavy atom. The quantitative estimate of drug-likeness (QED) is 0.710. The summed E-state index contributed by atoms with van der Waals surface area (Å²) in [5.74, 6) is 1.94. The van der Waals surface area contributed by atoms with Crippen molar-refractivity contribution >= 4 is 27.5 Å². The molecule has 1 aliphatic heterocycles. The number of amides is 1. The van der Waals surface area contributed by atoms with Gasteiger partial charge in [0.25, 0.3) is 0 Å². The number of ether oxygens (including phenoxy) is 1. The maximum absolute atomic E-state index is 11.8. The van der Waals surface area contributed by atoms with Gasteiger partial charge in [-0.3, -0.25) is 4.79 Å². The van der Waals surface area contributed by atoms with Crippen molar-refractivity contribution in [3.8, 4) is 5.75 Å². The Morgan fingerprint density at radius 2 is 2.04 bits per heavy atom. The van der Waals surface area contributed by atoms with E-state index >= 15 is 0 Å². The lowest BCUT2D eigenvalue weighted by atomic mass is 10.0. The Kier molecular flexibility index (Phi) is 6.98. The molecule has 0 spiro atoms. The van der Waals surface area contributed by atoms with E-state index in [0.29, 0.717) is 31.2 Å². The molecule has 1 aliphatic rings. The van der Waals surface area contributed by atoms with Gasteiger partial charge >= 0.3 is 0 Å². The Labute approximate surface area is 148 Å². The van der Waals surface area contributed by atoms with E-state index < -0.39 is 9.84 Å². The lowest BCUT2D eigenvalue weighted by Crippen LogP contribution is -2.30. The highest BCUT2D eigenvalue weighted by atomic mass is 32.2. The summed E-state index contributed by atoms with van der Waals surface area (Å²) in [7, 11) is -2.88. The van der Waals surface area contributed by atoms with Crippen LogP contribution in [0.3, 0.4) is 0 Å². The van der Waals surface area contributed by atoms with Crippen molar-refractivity contribution in [2.45, 2.75) is 31.4 Å². The number of carbonyl (C=O) groups excluding carboxylic acids is 1. The molecule has 7 heteroatoms. The summed E-state index contributed by atoms with van der Waals surface area (Å²) in [5, 5.41) is 2.85. The average molecular weight is 372 g/mol. The van der Waals surface area contributed by atoms with Crippen LogP contribution < -0.4 is 10.1 Å². The van der Waals surface area contributed by atoms with Crippen molar-refractivity contribution in [2.24, 2.45) is 0 Å². The zero-order valence-electron chi connectivity index (χ0n) is 14.2. The number of benzene rings is 1. The third-order valence-corrected chi connectivity index (χ3v) is 7.16. The lowest BCUT2D eigenvalue weighted by molar-refractivity contribution is -0.118. The summed E-state index contributed by atoms with van der Waals surface area (Å²) in [6, 6.07) is 7.97. The van der Waals surface area contributed by atoms with E-state index in [1.54, 1.807) is 0 Å². The third kappa shape index (κ3) is 6.36. The summed E-state index contributed by atoms with van der Waals surface area (Å²) in [6.45, 7) is 5.14. The minimum Gasteiger partial charge on any atom is -0.492 e. The Morgan fingerprint density at radius 3 is 2.62 bits per heavy atom. The van der Waals surface area contributed by atoms with Crippen LogP contribution in [0, 0.1) is 0 Å². The number of hydrogen-bond acceptors (Lipinski definition) is 5. The molecule has 0 saturated carbocycles. The smallest absolute Gasteiger partial charge is 0.230 e. The molecule has 1 aromatic carbocycles. The summed E-state index contributed by atoms with van der Waals surface area (Å²) >= 11 is 1.42. The molecular formula is C17H25NO4S2. The summed E-state index contributed by atoms with van der Waals surface area (Å²) < 4.78 is 28.3. The zero-order chi connectivity index (χ0) is 17.6. The second-order valence-corrected chi connectivity index (χ2v) is 9.78. The second-order valence-electron chi connectivity index (χ2n) is 6.26. The first-order valence-electron chi connectivity index (χ1n) is 8.17. The predicted molar refractivity (Wildman–Crippen MR) is 98.6 cm³/mol. The van der Waals surface area contributed by atoms with E-state index in [-0.39, 0.29) is 22.7 Å². The summed E-state index contributed by atoms with van der Waals surface area (Å²) in [4.78, 5) is 11.8. The molecule has 1 heterocycles. The molecule has 1 unspecified atom stereocenters. The molecule has 1 atom stereocenters. The van der Waals surface area contributed by atoms with Crippen LogP contribution in [0.25, 0.3) is 0 Å². The summed E-state index contributed by atoms with van der Waals surface area (Å²) in [5.41, 5.74) is 1.27. The van der Waals surface area contributed by atoms with Crippen molar-refractivity contribution in [1.29, 1.82) is 0 Å². The van der Waals surface area contributed by atoms with E-state index in [2.05, 4.69) is 19.2 Å². The Balaban J connectivity index is 1.59. The molecule has 1 amide bonds. The first kappa shape index (κ1) is 19.1. The second kappa shape index (κ2) is 8.76. The number of hydrogen-bond donors (Lipinski definition) is 1. The maximum atomic E-state index is 11.8. The predicted octanol–water partition coefficient (Wildman–Crippen LogP) is 2.23. The fourth-order valence-electron chi connectivity index (χ4n) is 2.45. The number of nitrogens with one attached hydrogen (secondary N) is 1. The highest BCUT2D eigenvalue weighted by Gasteiger charge is 2.28. The SMILES string of the molecule is CC(C)c1ccc(OCCNC(=O)CSC2CCS(=O)(=O)C2)cc1. The van der Waals surface area contributed by atoms with Gasteiger partial charge in [-0.25, -0.2) is 8.42 Å². The molecule has 0 radical (unpaired) electrons. The van der Waals surface area contributed by atoms with Crippen LogP contribution in [0.15, 0.2) is 24.3 Å². The van der Waals surface area contributed by atoms with Crippen LogP contribution in [-0.2, 0) is 14.6 Å². The first-order chi connectivity index (χ1) is 11.4. The molecule has 24 heavy (non-hydrogen) atoms. The Bertz CT molecular complexity index is 641. The van der Waals surface area contributed by atoms with Gasteiger partial charge in [0.1, 0.15) is 12.4 Å². The fraction of sp³-hybridized carbons (Fsp3) is 0.588. The molecular weight excluding hydrogens is 346 g/mol. The minimum absolute atomic E-state index is 0.0523. The molecule has 5 nitrogen and oxygen atoms in total. The molecule has 1 aromatic rings. The van der Waals surface area contributed by atoms with Crippen LogP contribution >= 0.6 is 11.8 Å². The van der Waals surface area contributed by atoms with E-state index in [1.807, 2.05) is 24.3 Å². The molecule has 0 aromatic heterocycles. The minimum atomic E-state index is -2.88. The normalized spacial score (nSPS) is 19.4.